The average Bonchev–Trinajstić information content (AvgIpc) is 3.09. The Morgan fingerprint density at radius 3 is 2.69 bits per heavy atom. The molecule has 0 fully saturated rings. The van der Waals surface area contributed by atoms with E-state index in [-0.39, 0.29) is 12.1 Å². The zero-order valence-corrected chi connectivity index (χ0v) is 16.4. The van der Waals surface area contributed by atoms with Gasteiger partial charge in [0, 0.05) is 30.1 Å². The summed E-state index contributed by atoms with van der Waals surface area (Å²) in [5.41, 5.74) is 12.3. The van der Waals surface area contributed by atoms with Crippen LogP contribution >= 0.6 is 0 Å². The average molecular weight is 384 g/mol. The van der Waals surface area contributed by atoms with Gasteiger partial charge in [-0.05, 0) is 37.1 Å². The second-order valence-corrected chi connectivity index (χ2v) is 7.08. The Balaban J connectivity index is 2.01. The van der Waals surface area contributed by atoms with E-state index in [1.54, 1.807) is 16.9 Å². The molecule has 0 aliphatic heterocycles. The molecule has 0 aliphatic rings. The molecule has 0 saturated heterocycles. The Bertz CT molecular complexity index is 1360. The van der Waals surface area contributed by atoms with Crippen molar-refractivity contribution < 1.29 is 0 Å². The minimum absolute atomic E-state index is 0.218. The van der Waals surface area contributed by atoms with Gasteiger partial charge in [-0.3, -0.25) is 9.48 Å². The second-order valence-electron chi connectivity index (χ2n) is 7.08. The summed E-state index contributed by atoms with van der Waals surface area (Å²) in [6.45, 7) is 11.8. The van der Waals surface area contributed by atoms with E-state index in [4.69, 9.17) is 12.3 Å². The molecule has 0 unspecified atom stereocenters. The highest BCUT2D eigenvalue weighted by Gasteiger charge is 2.19. The quantitative estimate of drug-likeness (QED) is 0.528. The lowest BCUT2D eigenvalue weighted by Crippen LogP contribution is -2.13. The highest BCUT2D eigenvalue weighted by atomic mass is 16.1. The number of nitrogens with two attached hydrogens (primary N) is 1. The Morgan fingerprint density at radius 2 is 1.97 bits per heavy atom. The monoisotopic (exact) mass is 384 g/mol. The topological polar surface area (TPSA) is 93.9 Å². The minimum Gasteiger partial charge on any atom is -0.325 e. The van der Waals surface area contributed by atoms with Crippen LogP contribution in [0.3, 0.4) is 0 Å². The molecule has 0 saturated carbocycles. The number of benzene rings is 2. The Hall–Kier alpha value is -3.76. The Morgan fingerprint density at radius 1 is 1.17 bits per heavy atom. The molecule has 7 heteroatoms. The summed E-state index contributed by atoms with van der Waals surface area (Å²) in [4.78, 5) is 15.9. The van der Waals surface area contributed by atoms with Crippen LogP contribution in [-0.2, 0) is 13.6 Å². The van der Waals surface area contributed by atoms with Gasteiger partial charge in [0.25, 0.3) is 5.56 Å². The molecule has 2 aromatic heterocycles. The third-order valence-electron chi connectivity index (χ3n) is 5.12. The van der Waals surface area contributed by atoms with Crippen molar-refractivity contribution in [2.45, 2.75) is 20.4 Å². The van der Waals surface area contributed by atoms with Crippen molar-refractivity contribution in [2.24, 2.45) is 12.8 Å². The Kier molecular flexibility index (Phi) is 4.49. The van der Waals surface area contributed by atoms with E-state index in [1.165, 1.54) is 0 Å². The van der Waals surface area contributed by atoms with E-state index in [1.807, 2.05) is 45.2 Å². The largest absolute Gasteiger partial charge is 0.325 e. The number of aromatic amines is 1. The molecule has 7 nitrogen and oxygen atoms in total. The third-order valence-corrected chi connectivity index (χ3v) is 5.12. The summed E-state index contributed by atoms with van der Waals surface area (Å²) in [5, 5.41) is 12.3. The minimum atomic E-state index is -0.250. The number of aryl methyl sites for hydroxylation is 3. The number of hydrogen-bond donors (Lipinski definition) is 2. The van der Waals surface area contributed by atoms with Crippen LogP contribution in [0.25, 0.3) is 38.0 Å². The summed E-state index contributed by atoms with van der Waals surface area (Å²) in [6, 6.07) is 9.60. The van der Waals surface area contributed by atoms with E-state index < -0.39 is 0 Å². The number of H-pyrrole nitrogens is 1. The van der Waals surface area contributed by atoms with Crippen LogP contribution in [0.15, 0.2) is 41.3 Å². The molecule has 0 aliphatic carbocycles. The van der Waals surface area contributed by atoms with Gasteiger partial charge in [-0.25, -0.2) is 9.94 Å². The van der Waals surface area contributed by atoms with Gasteiger partial charge in [0.2, 0.25) is 0 Å². The standard InChI is InChI=1S/C22H20N6O/c1-12-7-13(2)20(24-3)17(8-12)21-18(11-25-28(21)4)14-5-6-15-16(9-14)19(10-23)26-27-22(15)29/h5-9,11H,10,23H2,1-2,4H3,(H,27,29). The van der Waals surface area contributed by atoms with E-state index in [0.717, 1.165) is 38.9 Å². The highest BCUT2D eigenvalue weighted by molar-refractivity contribution is 5.93. The van der Waals surface area contributed by atoms with Crippen LogP contribution in [-0.4, -0.2) is 20.0 Å². The van der Waals surface area contributed by atoms with Crippen molar-refractivity contribution in [1.29, 1.82) is 0 Å². The zero-order chi connectivity index (χ0) is 20.7. The maximum atomic E-state index is 12.1. The smallest absolute Gasteiger partial charge is 0.272 e. The van der Waals surface area contributed by atoms with Gasteiger partial charge >= 0.3 is 0 Å². The van der Waals surface area contributed by atoms with Gasteiger partial charge in [0.05, 0.1) is 29.5 Å². The molecular formula is C22H20N6O. The van der Waals surface area contributed by atoms with Crippen molar-refractivity contribution in [3.8, 4) is 22.4 Å². The first-order chi connectivity index (χ1) is 13.9. The predicted octanol–water partition coefficient (Wildman–Crippen LogP) is 3.62. The summed E-state index contributed by atoms with van der Waals surface area (Å²) in [5.74, 6) is 0. The third kappa shape index (κ3) is 3.00. The first-order valence-corrected chi connectivity index (χ1v) is 9.17. The van der Waals surface area contributed by atoms with Crippen LogP contribution in [0.4, 0.5) is 5.69 Å². The normalized spacial score (nSPS) is 11.0. The molecular weight excluding hydrogens is 364 g/mol. The number of fused-ring (bicyclic) bond motifs is 1. The number of nitrogens with zero attached hydrogens (tertiary/aromatic N) is 4. The molecule has 144 valence electrons. The van der Waals surface area contributed by atoms with Crippen molar-refractivity contribution in [3.05, 3.63) is 75.1 Å². The molecule has 0 radical (unpaired) electrons. The molecule has 0 amide bonds. The fraction of sp³-hybridized carbons (Fsp3) is 0.182. The van der Waals surface area contributed by atoms with Crippen molar-refractivity contribution >= 4 is 16.5 Å². The number of rotatable bonds is 3. The fourth-order valence-electron chi connectivity index (χ4n) is 3.80. The van der Waals surface area contributed by atoms with Gasteiger partial charge < -0.3 is 5.73 Å². The van der Waals surface area contributed by atoms with E-state index in [0.29, 0.717) is 16.8 Å². The molecule has 3 N–H and O–H groups in total. The van der Waals surface area contributed by atoms with Crippen molar-refractivity contribution in [2.75, 3.05) is 0 Å². The van der Waals surface area contributed by atoms with Crippen LogP contribution in [0, 0.1) is 20.4 Å². The molecule has 2 heterocycles. The lowest BCUT2D eigenvalue weighted by atomic mass is 9.95. The summed E-state index contributed by atoms with van der Waals surface area (Å²) < 4.78 is 1.78. The number of hydrogen-bond acceptors (Lipinski definition) is 4. The van der Waals surface area contributed by atoms with Gasteiger partial charge in [0.15, 0.2) is 5.69 Å². The van der Waals surface area contributed by atoms with E-state index in [9.17, 15) is 4.79 Å². The van der Waals surface area contributed by atoms with Crippen LogP contribution in [0.1, 0.15) is 16.8 Å². The maximum Gasteiger partial charge on any atom is 0.272 e. The lowest BCUT2D eigenvalue weighted by Gasteiger charge is -2.13. The van der Waals surface area contributed by atoms with E-state index >= 15 is 0 Å². The highest BCUT2D eigenvalue weighted by Crippen LogP contribution is 2.40. The maximum absolute atomic E-state index is 12.1. The predicted molar refractivity (Wildman–Crippen MR) is 114 cm³/mol. The van der Waals surface area contributed by atoms with Crippen molar-refractivity contribution in [3.63, 3.8) is 0 Å². The molecule has 4 aromatic rings. The first-order valence-electron chi connectivity index (χ1n) is 9.17. The Labute approximate surface area is 167 Å². The SMILES string of the molecule is [C-]#[N+]c1c(C)cc(C)cc1-c1c(-c2ccc3c(=O)[nH]nc(CN)c3c2)cnn1C. The van der Waals surface area contributed by atoms with Gasteiger partial charge in [-0.2, -0.15) is 10.2 Å². The molecule has 0 atom stereocenters. The van der Waals surface area contributed by atoms with Crippen molar-refractivity contribution in [1.82, 2.24) is 20.0 Å². The van der Waals surface area contributed by atoms with Gasteiger partial charge in [0.1, 0.15) is 0 Å². The fourth-order valence-corrected chi connectivity index (χ4v) is 3.80. The lowest BCUT2D eigenvalue weighted by molar-refractivity contribution is 0.776. The summed E-state index contributed by atoms with van der Waals surface area (Å²) in [6.07, 6.45) is 1.78. The molecule has 0 spiro atoms. The first kappa shape index (κ1) is 18.6. The zero-order valence-electron chi connectivity index (χ0n) is 16.4. The van der Waals surface area contributed by atoms with Crippen LogP contribution in [0.5, 0.6) is 0 Å². The van der Waals surface area contributed by atoms with Crippen LogP contribution < -0.4 is 11.3 Å². The second kappa shape index (κ2) is 7.00. The number of nitrogens with one attached hydrogen (secondary N) is 1. The molecule has 2 aromatic carbocycles. The van der Waals surface area contributed by atoms with E-state index in [2.05, 4.69) is 20.1 Å². The summed E-state index contributed by atoms with van der Waals surface area (Å²) in [7, 11) is 1.86. The number of aromatic nitrogens is 4. The molecule has 4 rings (SSSR count). The molecule has 0 bridgehead atoms. The van der Waals surface area contributed by atoms with Crippen LogP contribution in [0.2, 0.25) is 0 Å². The molecule has 29 heavy (non-hydrogen) atoms. The van der Waals surface area contributed by atoms with Gasteiger partial charge in [-0.15, -0.1) is 0 Å². The summed E-state index contributed by atoms with van der Waals surface area (Å²) >= 11 is 0. The van der Waals surface area contributed by atoms with Gasteiger partial charge in [-0.1, -0.05) is 23.8 Å².